The quantitative estimate of drug-likeness (QED) is 0.767. The van der Waals surface area contributed by atoms with E-state index in [0.717, 1.165) is 6.42 Å². The summed E-state index contributed by atoms with van der Waals surface area (Å²) in [6, 6.07) is 0.267. The molecule has 0 radical (unpaired) electrons. The zero-order chi connectivity index (χ0) is 13.5. The van der Waals surface area contributed by atoms with Crippen molar-refractivity contribution in [2.45, 2.75) is 58.9 Å². The summed E-state index contributed by atoms with van der Waals surface area (Å²) in [5, 5.41) is 3.05. The summed E-state index contributed by atoms with van der Waals surface area (Å²) in [4.78, 5) is 22.9. The van der Waals surface area contributed by atoms with Gasteiger partial charge in [-0.3, -0.25) is 9.59 Å². The molecule has 0 aromatic heterocycles. The van der Waals surface area contributed by atoms with Crippen LogP contribution in [0.1, 0.15) is 52.9 Å². The number of amides is 1. The Kier molecular flexibility index (Phi) is 6.16. The van der Waals surface area contributed by atoms with E-state index in [0.29, 0.717) is 18.4 Å². The van der Waals surface area contributed by atoms with E-state index in [2.05, 4.69) is 19.2 Å². The van der Waals surface area contributed by atoms with Gasteiger partial charge in [0.25, 0.3) is 0 Å². The van der Waals surface area contributed by atoms with Crippen LogP contribution in [0.25, 0.3) is 0 Å². The second-order valence-electron chi connectivity index (χ2n) is 5.25. The van der Waals surface area contributed by atoms with Crippen molar-refractivity contribution >= 4 is 11.9 Å². The molecule has 1 aliphatic rings. The molecule has 0 aromatic carbocycles. The predicted molar refractivity (Wildman–Crippen MR) is 70.0 cm³/mol. The first-order chi connectivity index (χ1) is 8.54. The number of carbonyl (C=O) groups excluding carboxylic acids is 2. The molecule has 0 bridgehead atoms. The minimum atomic E-state index is -0.294. The Morgan fingerprint density at radius 2 is 1.94 bits per heavy atom. The summed E-state index contributed by atoms with van der Waals surface area (Å²) in [7, 11) is 0. The van der Waals surface area contributed by atoms with Crippen molar-refractivity contribution in [3.05, 3.63) is 0 Å². The first-order valence-corrected chi connectivity index (χ1v) is 6.99. The van der Waals surface area contributed by atoms with Crippen molar-refractivity contribution in [1.29, 1.82) is 0 Å². The lowest BCUT2D eigenvalue weighted by Crippen LogP contribution is -2.43. The van der Waals surface area contributed by atoms with Crippen LogP contribution in [0.15, 0.2) is 0 Å². The molecule has 0 spiro atoms. The van der Waals surface area contributed by atoms with Crippen LogP contribution in [-0.2, 0) is 14.3 Å². The molecule has 104 valence electrons. The average Bonchev–Trinajstić information content (AvgIpc) is 2.33. The van der Waals surface area contributed by atoms with Gasteiger partial charge in [-0.1, -0.05) is 26.7 Å². The summed E-state index contributed by atoms with van der Waals surface area (Å²) >= 11 is 0. The lowest BCUT2D eigenvalue weighted by molar-refractivity contribution is -0.144. The van der Waals surface area contributed by atoms with Gasteiger partial charge in [0, 0.05) is 12.5 Å². The fourth-order valence-corrected chi connectivity index (χ4v) is 2.51. The smallest absolute Gasteiger partial charge is 0.306 e. The average molecular weight is 255 g/mol. The lowest BCUT2D eigenvalue weighted by atomic mass is 9.78. The monoisotopic (exact) mass is 255 g/mol. The molecule has 0 saturated heterocycles. The highest BCUT2D eigenvalue weighted by atomic mass is 16.5. The Morgan fingerprint density at radius 3 is 2.61 bits per heavy atom. The summed E-state index contributed by atoms with van der Waals surface area (Å²) < 4.78 is 4.80. The van der Waals surface area contributed by atoms with Crippen LogP contribution < -0.4 is 5.32 Å². The van der Waals surface area contributed by atoms with E-state index < -0.39 is 0 Å². The van der Waals surface area contributed by atoms with Crippen LogP contribution in [0.3, 0.4) is 0 Å². The van der Waals surface area contributed by atoms with Gasteiger partial charge in [-0.2, -0.15) is 0 Å². The molecule has 4 heteroatoms. The molecule has 0 aliphatic heterocycles. The van der Waals surface area contributed by atoms with E-state index in [1.807, 2.05) is 0 Å². The Hall–Kier alpha value is -1.06. The highest BCUT2D eigenvalue weighted by molar-refractivity contribution is 5.81. The normalized spacial score (nSPS) is 27.6. The summed E-state index contributed by atoms with van der Waals surface area (Å²) in [5.41, 5.74) is 0. The summed E-state index contributed by atoms with van der Waals surface area (Å²) in [5.74, 6) is 0.853. The topological polar surface area (TPSA) is 55.4 Å². The Morgan fingerprint density at radius 1 is 1.22 bits per heavy atom. The molecule has 1 aliphatic carbocycles. The third kappa shape index (κ3) is 4.67. The van der Waals surface area contributed by atoms with Gasteiger partial charge >= 0.3 is 5.97 Å². The number of hydrogen-bond acceptors (Lipinski definition) is 3. The van der Waals surface area contributed by atoms with Gasteiger partial charge in [0.1, 0.15) is 0 Å². The maximum atomic E-state index is 11.8. The highest BCUT2D eigenvalue weighted by Crippen LogP contribution is 2.29. The molecule has 3 atom stereocenters. The maximum Gasteiger partial charge on any atom is 0.306 e. The summed E-state index contributed by atoms with van der Waals surface area (Å²) in [6.45, 7) is 6.57. The van der Waals surface area contributed by atoms with Gasteiger partial charge in [-0.25, -0.2) is 0 Å². The van der Waals surface area contributed by atoms with Crippen molar-refractivity contribution in [2.24, 2.45) is 11.8 Å². The molecule has 18 heavy (non-hydrogen) atoms. The molecule has 1 saturated carbocycles. The Balaban J connectivity index is 2.29. The standard InChI is InChI=1S/C14H25NO3/c1-4-18-14(17)9-8-13(16)15-12-7-5-6-10(2)11(12)3/h10-12H,4-9H2,1-3H3,(H,15,16)/t10-,11-,12-/m0/s1. The fourth-order valence-electron chi connectivity index (χ4n) is 2.51. The Labute approximate surface area is 109 Å². The number of esters is 1. The van der Waals surface area contributed by atoms with Crippen LogP contribution >= 0.6 is 0 Å². The molecule has 1 amide bonds. The van der Waals surface area contributed by atoms with Crippen LogP contribution in [0.2, 0.25) is 0 Å². The van der Waals surface area contributed by atoms with E-state index in [1.165, 1.54) is 12.8 Å². The van der Waals surface area contributed by atoms with E-state index in [1.54, 1.807) is 6.92 Å². The minimum absolute atomic E-state index is 0.0333. The van der Waals surface area contributed by atoms with Gasteiger partial charge in [-0.05, 0) is 25.2 Å². The molecule has 0 unspecified atom stereocenters. The van der Waals surface area contributed by atoms with E-state index in [9.17, 15) is 9.59 Å². The zero-order valence-electron chi connectivity index (χ0n) is 11.7. The third-order valence-corrected chi connectivity index (χ3v) is 3.91. The number of ether oxygens (including phenoxy) is 1. The zero-order valence-corrected chi connectivity index (χ0v) is 11.7. The van der Waals surface area contributed by atoms with Crippen LogP contribution in [0.4, 0.5) is 0 Å². The van der Waals surface area contributed by atoms with Crippen molar-refractivity contribution in [1.82, 2.24) is 5.32 Å². The predicted octanol–water partition coefficient (Wildman–Crippen LogP) is 2.27. The van der Waals surface area contributed by atoms with Crippen LogP contribution in [0, 0.1) is 11.8 Å². The van der Waals surface area contributed by atoms with Crippen LogP contribution in [0.5, 0.6) is 0 Å². The van der Waals surface area contributed by atoms with Gasteiger partial charge in [0.15, 0.2) is 0 Å². The number of carbonyl (C=O) groups is 2. The molecular weight excluding hydrogens is 230 g/mol. The summed E-state index contributed by atoms with van der Waals surface area (Å²) in [6.07, 6.45) is 3.88. The van der Waals surface area contributed by atoms with Gasteiger partial charge in [0.2, 0.25) is 5.91 Å². The first-order valence-electron chi connectivity index (χ1n) is 6.99. The number of hydrogen-bond donors (Lipinski definition) is 1. The second-order valence-corrected chi connectivity index (χ2v) is 5.25. The first kappa shape index (κ1) is 15.0. The lowest BCUT2D eigenvalue weighted by Gasteiger charge is -2.34. The fraction of sp³-hybridized carbons (Fsp3) is 0.857. The van der Waals surface area contributed by atoms with Crippen LogP contribution in [-0.4, -0.2) is 24.5 Å². The second kappa shape index (κ2) is 7.39. The molecular formula is C14H25NO3. The Bertz CT molecular complexity index is 291. The third-order valence-electron chi connectivity index (χ3n) is 3.91. The van der Waals surface area contributed by atoms with Crippen molar-refractivity contribution in [2.75, 3.05) is 6.61 Å². The molecule has 0 heterocycles. The van der Waals surface area contributed by atoms with Crippen molar-refractivity contribution < 1.29 is 14.3 Å². The SMILES string of the molecule is CCOC(=O)CCC(=O)N[C@H]1CCC[C@H](C)[C@@H]1C. The van der Waals surface area contributed by atoms with Gasteiger partial charge in [0.05, 0.1) is 13.0 Å². The van der Waals surface area contributed by atoms with E-state index in [-0.39, 0.29) is 30.8 Å². The van der Waals surface area contributed by atoms with Crippen molar-refractivity contribution in [3.8, 4) is 0 Å². The molecule has 1 fully saturated rings. The van der Waals surface area contributed by atoms with Gasteiger partial charge < -0.3 is 10.1 Å². The number of nitrogens with one attached hydrogen (secondary N) is 1. The molecule has 0 aromatic rings. The van der Waals surface area contributed by atoms with E-state index in [4.69, 9.17) is 4.74 Å². The number of rotatable bonds is 5. The molecule has 1 N–H and O–H groups in total. The largest absolute Gasteiger partial charge is 0.466 e. The maximum absolute atomic E-state index is 11.8. The highest BCUT2D eigenvalue weighted by Gasteiger charge is 2.28. The van der Waals surface area contributed by atoms with Crippen molar-refractivity contribution in [3.63, 3.8) is 0 Å². The molecule has 1 rings (SSSR count). The van der Waals surface area contributed by atoms with Gasteiger partial charge in [-0.15, -0.1) is 0 Å². The van der Waals surface area contributed by atoms with E-state index >= 15 is 0 Å². The minimum Gasteiger partial charge on any atom is -0.466 e. The molecule has 4 nitrogen and oxygen atoms in total.